The molecular formula is C22H29FN3O6P. The van der Waals surface area contributed by atoms with E-state index in [1.54, 1.807) is 31.2 Å². The van der Waals surface area contributed by atoms with Gasteiger partial charge in [-0.25, -0.2) is 18.8 Å². The van der Waals surface area contributed by atoms with Gasteiger partial charge in [-0.1, -0.05) is 39.0 Å². The molecule has 6 atom stereocenters. The molecule has 9 nitrogen and oxygen atoms in total. The highest BCUT2D eigenvalue weighted by molar-refractivity contribution is 7.52. The topological polar surface area (TPSA) is 112 Å². The first-order valence-corrected chi connectivity index (χ1v) is 12.4. The number of hydrogen-bond acceptors (Lipinski definition) is 6. The fourth-order valence-electron chi connectivity index (χ4n) is 4.05. The number of ether oxygens (including phenoxy) is 1. The van der Waals surface area contributed by atoms with Crippen LogP contribution in [0.4, 0.5) is 4.39 Å². The van der Waals surface area contributed by atoms with Gasteiger partial charge in [0, 0.05) is 23.7 Å². The summed E-state index contributed by atoms with van der Waals surface area (Å²) in [6, 6.07) is 9.59. The van der Waals surface area contributed by atoms with Gasteiger partial charge in [0.25, 0.3) is 5.56 Å². The van der Waals surface area contributed by atoms with Crippen molar-refractivity contribution in [2.75, 3.05) is 6.61 Å². The molecule has 1 aromatic carbocycles. The van der Waals surface area contributed by atoms with Crippen molar-refractivity contribution in [2.45, 2.75) is 58.2 Å². The standard InChI is InChI=1S/C22H29FN3O6P/c1-14(2)15(3)25-33(29,32-16-8-6-5-7-9-16)30-12-17-21(4)13-22(21,23)19(31-17)26-11-10-18(27)24-20(26)28/h5-11,14-15,17,19H,12-13H2,1-4H3,(H,25,29)(H,24,27,28)/t15-,17+,19?,21?,22-,33-/m0/s1. The minimum Gasteiger partial charge on any atom is -0.413 e. The number of nitrogens with one attached hydrogen (secondary N) is 2. The number of aromatic amines is 1. The van der Waals surface area contributed by atoms with Crippen LogP contribution in [0.5, 0.6) is 5.75 Å². The molecule has 1 aliphatic heterocycles. The SMILES string of the molecule is CC(C)[C@H](C)N[P@](=O)(OC[C@H]1OC(n2ccc(=O)[nH]c2=O)[C@@]2(F)CC12C)Oc1ccccc1. The molecule has 1 saturated carbocycles. The number of benzene rings is 1. The third kappa shape index (κ3) is 4.45. The van der Waals surface area contributed by atoms with Crippen LogP contribution in [0, 0.1) is 11.3 Å². The van der Waals surface area contributed by atoms with Crippen LogP contribution in [0.1, 0.15) is 40.3 Å². The number of fused-ring (bicyclic) bond motifs is 1. The van der Waals surface area contributed by atoms with Crippen LogP contribution in [0.2, 0.25) is 0 Å². The molecule has 4 rings (SSSR count). The summed E-state index contributed by atoms with van der Waals surface area (Å²) in [4.78, 5) is 25.7. The lowest BCUT2D eigenvalue weighted by molar-refractivity contribution is -0.0741. The van der Waals surface area contributed by atoms with Gasteiger partial charge in [-0.3, -0.25) is 18.9 Å². The normalized spacial score (nSPS) is 31.1. The second-order valence-corrected chi connectivity index (χ2v) is 11.0. The third-order valence-electron chi connectivity index (χ3n) is 6.67. The van der Waals surface area contributed by atoms with Crippen LogP contribution in [-0.2, 0) is 13.8 Å². The van der Waals surface area contributed by atoms with Crippen molar-refractivity contribution in [1.82, 2.24) is 14.6 Å². The fraction of sp³-hybridized carbons (Fsp3) is 0.545. The maximum absolute atomic E-state index is 15.7. The Morgan fingerprint density at radius 2 is 1.97 bits per heavy atom. The zero-order valence-electron chi connectivity index (χ0n) is 19.0. The van der Waals surface area contributed by atoms with E-state index in [0.717, 1.165) is 10.6 Å². The Balaban J connectivity index is 1.53. The summed E-state index contributed by atoms with van der Waals surface area (Å²) in [5.41, 5.74) is -4.09. The average molecular weight is 481 g/mol. The van der Waals surface area contributed by atoms with Gasteiger partial charge >= 0.3 is 13.4 Å². The largest absolute Gasteiger partial charge is 0.459 e. The van der Waals surface area contributed by atoms with E-state index in [1.807, 2.05) is 26.8 Å². The van der Waals surface area contributed by atoms with Gasteiger partial charge in [0.2, 0.25) is 0 Å². The van der Waals surface area contributed by atoms with E-state index < -0.39 is 42.4 Å². The predicted molar refractivity (Wildman–Crippen MR) is 120 cm³/mol. The molecule has 1 saturated heterocycles. The van der Waals surface area contributed by atoms with E-state index in [9.17, 15) is 14.2 Å². The van der Waals surface area contributed by atoms with Crippen LogP contribution >= 0.6 is 7.75 Å². The lowest BCUT2D eigenvalue weighted by Crippen LogP contribution is -2.36. The van der Waals surface area contributed by atoms with E-state index >= 15 is 4.39 Å². The van der Waals surface area contributed by atoms with Crippen LogP contribution in [0.25, 0.3) is 0 Å². The number of hydrogen-bond donors (Lipinski definition) is 2. The maximum atomic E-state index is 15.7. The molecule has 0 bridgehead atoms. The van der Waals surface area contributed by atoms with Crippen molar-refractivity contribution in [3.05, 3.63) is 63.4 Å². The fourth-order valence-corrected chi connectivity index (χ4v) is 5.76. The zero-order chi connectivity index (χ0) is 24.0. The molecule has 2 heterocycles. The highest BCUT2D eigenvalue weighted by Crippen LogP contribution is 2.72. The van der Waals surface area contributed by atoms with Crippen molar-refractivity contribution in [1.29, 1.82) is 0 Å². The number of alkyl halides is 1. The van der Waals surface area contributed by atoms with Gasteiger partial charge in [0.15, 0.2) is 11.9 Å². The number of nitrogens with zero attached hydrogens (tertiary/aromatic N) is 1. The Hall–Kier alpha value is -2.26. The summed E-state index contributed by atoms with van der Waals surface area (Å²) in [6.45, 7) is 7.30. The summed E-state index contributed by atoms with van der Waals surface area (Å²) in [7, 11) is -3.84. The van der Waals surface area contributed by atoms with Crippen molar-refractivity contribution in [3.63, 3.8) is 0 Å². The lowest BCUT2D eigenvalue weighted by atomic mass is 10.0. The Morgan fingerprint density at radius 3 is 2.61 bits per heavy atom. The molecule has 180 valence electrons. The summed E-state index contributed by atoms with van der Waals surface area (Å²) >= 11 is 0. The minimum absolute atomic E-state index is 0.143. The molecular weight excluding hydrogens is 452 g/mol. The number of para-hydroxylation sites is 1. The molecule has 0 radical (unpaired) electrons. The molecule has 0 spiro atoms. The lowest BCUT2D eigenvalue weighted by Gasteiger charge is -2.27. The smallest absolute Gasteiger partial charge is 0.413 e. The van der Waals surface area contributed by atoms with Gasteiger partial charge in [-0.05, 0) is 31.4 Å². The zero-order valence-corrected chi connectivity index (χ0v) is 19.9. The van der Waals surface area contributed by atoms with E-state index in [2.05, 4.69) is 10.1 Å². The number of aromatic nitrogens is 2. The van der Waals surface area contributed by atoms with E-state index in [-0.39, 0.29) is 25.0 Å². The van der Waals surface area contributed by atoms with Crippen LogP contribution in [-0.4, -0.2) is 34.0 Å². The quantitative estimate of drug-likeness (QED) is 0.528. The first-order valence-electron chi connectivity index (χ1n) is 10.9. The Labute approximate surface area is 190 Å². The molecule has 11 heteroatoms. The predicted octanol–water partition coefficient (Wildman–Crippen LogP) is 3.39. The first kappa shape index (κ1) is 23.9. The second kappa shape index (κ2) is 8.51. The van der Waals surface area contributed by atoms with Gasteiger partial charge in [0.1, 0.15) is 5.75 Å². The van der Waals surface area contributed by atoms with Crippen molar-refractivity contribution >= 4 is 7.75 Å². The Morgan fingerprint density at radius 1 is 1.27 bits per heavy atom. The maximum Gasteiger partial charge on any atom is 0.459 e. The van der Waals surface area contributed by atoms with Crippen LogP contribution in [0.3, 0.4) is 0 Å². The van der Waals surface area contributed by atoms with Crippen molar-refractivity contribution in [3.8, 4) is 5.75 Å². The molecule has 2 aliphatic rings. The molecule has 2 N–H and O–H groups in total. The van der Waals surface area contributed by atoms with Crippen molar-refractivity contribution < 1.29 is 22.7 Å². The molecule has 2 unspecified atom stereocenters. The highest BCUT2D eigenvalue weighted by atomic mass is 31.2. The third-order valence-corrected chi connectivity index (χ3v) is 8.34. The van der Waals surface area contributed by atoms with Crippen LogP contribution < -0.4 is 20.9 Å². The molecule has 2 fully saturated rings. The number of halogens is 1. The molecule has 1 aliphatic carbocycles. The first-order chi connectivity index (χ1) is 15.5. The van der Waals surface area contributed by atoms with Gasteiger partial charge in [0.05, 0.1) is 12.7 Å². The average Bonchev–Trinajstić information content (AvgIpc) is 3.24. The van der Waals surface area contributed by atoms with Gasteiger partial charge in [-0.15, -0.1) is 0 Å². The summed E-state index contributed by atoms with van der Waals surface area (Å²) < 4.78 is 47.7. The molecule has 33 heavy (non-hydrogen) atoms. The summed E-state index contributed by atoms with van der Waals surface area (Å²) in [5.74, 6) is 0.520. The van der Waals surface area contributed by atoms with E-state index in [0.29, 0.717) is 5.75 Å². The Kier molecular flexibility index (Phi) is 6.16. The minimum atomic E-state index is -3.84. The monoisotopic (exact) mass is 481 g/mol. The van der Waals surface area contributed by atoms with E-state index in [4.69, 9.17) is 13.8 Å². The number of rotatable bonds is 9. The Bertz CT molecular complexity index is 1170. The van der Waals surface area contributed by atoms with Crippen molar-refractivity contribution in [2.24, 2.45) is 11.3 Å². The second-order valence-electron chi connectivity index (χ2n) is 9.31. The van der Waals surface area contributed by atoms with Gasteiger partial charge < -0.3 is 9.26 Å². The van der Waals surface area contributed by atoms with Gasteiger partial charge in [-0.2, -0.15) is 0 Å². The molecule has 1 aromatic heterocycles. The number of H-pyrrole nitrogens is 1. The van der Waals surface area contributed by atoms with E-state index in [1.165, 1.54) is 6.20 Å². The highest BCUT2D eigenvalue weighted by Gasteiger charge is 2.79. The van der Waals surface area contributed by atoms with Crippen LogP contribution in [0.15, 0.2) is 52.2 Å². The molecule has 0 amide bonds. The summed E-state index contributed by atoms with van der Waals surface area (Å²) in [5, 5.41) is 2.94. The molecule has 2 aromatic rings. The summed E-state index contributed by atoms with van der Waals surface area (Å²) in [6.07, 6.45) is -0.651.